The first-order chi connectivity index (χ1) is 11.6. The SMILES string of the molecule is CC1CC1c1ccc(/C=C/C(=O)NC2c3ccccc3CC2O)o1. The quantitative estimate of drug-likeness (QED) is 0.850. The van der Waals surface area contributed by atoms with E-state index in [9.17, 15) is 9.90 Å². The van der Waals surface area contributed by atoms with Gasteiger partial charge in [-0.2, -0.15) is 0 Å². The van der Waals surface area contributed by atoms with Crippen LogP contribution in [0.1, 0.15) is 48.0 Å². The van der Waals surface area contributed by atoms with E-state index in [4.69, 9.17) is 4.42 Å². The van der Waals surface area contributed by atoms with E-state index in [-0.39, 0.29) is 11.9 Å². The zero-order chi connectivity index (χ0) is 16.7. The Labute approximate surface area is 141 Å². The molecule has 4 rings (SSSR count). The molecule has 124 valence electrons. The Morgan fingerprint density at radius 1 is 1.29 bits per heavy atom. The van der Waals surface area contributed by atoms with Crippen LogP contribution in [0, 0.1) is 5.92 Å². The number of furan rings is 1. The minimum absolute atomic E-state index is 0.228. The lowest BCUT2D eigenvalue weighted by atomic mass is 10.1. The number of aliphatic hydroxyl groups is 1. The molecule has 1 aromatic carbocycles. The van der Waals surface area contributed by atoms with Crippen LogP contribution in [0.2, 0.25) is 0 Å². The number of hydrogen-bond acceptors (Lipinski definition) is 3. The van der Waals surface area contributed by atoms with E-state index >= 15 is 0 Å². The van der Waals surface area contributed by atoms with Crippen LogP contribution in [0.3, 0.4) is 0 Å². The van der Waals surface area contributed by atoms with Crippen molar-refractivity contribution in [3.05, 3.63) is 65.1 Å². The molecular formula is C20H21NO3. The third kappa shape index (κ3) is 2.89. The van der Waals surface area contributed by atoms with E-state index in [1.54, 1.807) is 6.08 Å². The summed E-state index contributed by atoms with van der Waals surface area (Å²) in [6.07, 6.45) is 4.32. The Hall–Kier alpha value is -2.33. The molecule has 1 heterocycles. The fourth-order valence-electron chi connectivity index (χ4n) is 3.48. The number of aliphatic hydroxyl groups excluding tert-OH is 1. The maximum absolute atomic E-state index is 12.2. The molecule has 2 aromatic rings. The summed E-state index contributed by atoms with van der Waals surface area (Å²) >= 11 is 0. The minimum Gasteiger partial charge on any atom is -0.461 e. The van der Waals surface area contributed by atoms with Gasteiger partial charge in [-0.05, 0) is 41.7 Å². The number of hydrogen-bond donors (Lipinski definition) is 2. The van der Waals surface area contributed by atoms with Gasteiger partial charge < -0.3 is 14.8 Å². The summed E-state index contributed by atoms with van der Waals surface area (Å²) in [6.45, 7) is 2.21. The van der Waals surface area contributed by atoms with E-state index in [1.807, 2.05) is 36.4 Å². The Morgan fingerprint density at radius 2 is 2.08 bits per heavy atom. The van der Waals surface area contributed by atoms with Gasteiger partial charge in [0.05, 0.1) is 12.1 Å². The van der Waals surface area contributed by atoms with E-state index < -0.39 is 6.10 Å². The highest BCUT2D eigenvalue weighted by atomic mass is 16.3. The summed E-state index contributed by atoms with van der Waals surface area (Å²) in [6, 6.07) is 11.4. The van der Waals surface area contributed by atoms with Crippen LogP contribution in [0.25, 0.3) is 6.08 Å². The summed E-state index contributed by atoms with van der Waals surface area (Å²) in [5.41, 5.74) is 2.09. The van der Waals surface area contributed by atoms with Crippen LogP contribution in [-0.2, 0) is 11.2 Å². The molecule has 1 saturated carbocycles. The fourth-order valence-corrected chi connectivity index (χ4v) is 3.48. The van der Waals surface area contributed by atoms with Crippen molar-refractivity contribution in [2.45, 2.75) is 37.8 Å². The number of benzene rings is 1. The molecule has 1 aromatic heterocycles. The monoisotopic (exact) mass is 323 g/mol. The first-order valence-corrected chi connectivity index (χ1v) is 8.46. The van der Waals surface area contributed by atoms with Crippen LogP contribution >= 0.6 is 0 Å². The van der Waals surface area contributed by atoms with Gasteiger partial charge in [-0.1, -0.05) is 31.2 Å². The van der Waals surface area contributed by atoms with Crippen LogP contribution < -0.4 is 5.32 Å². The molecule has 0 radical (unpaired) electrons. The van der Waals surface area contributed by atoms with Crippen molar-refractivity contribution < 1.29 is 14.3 Å². The average molecular weight is 323 g/mol. The number of nitrogens with one attached hydrogen (secondary N) is 1. The standard InChI is InChI=1S/C20H21NO3/c1-12-10-16(12)18-8-6-14(24-18)7-9-19(23)21-20-15-5-3-2-4-13(15)11-17(20)22/h2-9,12,16-17,20,22H,10-11H2,1H3,(H,21,23)/b9-7+. The molecule has 4 nitrogen and oxygen atoms in total. The van der Waals surface area contributed by atoms with Crippen LogP contribution in [0.15, 0.2) is 46.9 Å². The van der Waals surface area contributed by atoms with Gasteiger partial charge >= 0.3 is 0 Å². The van der Waals surface area contributed by atoms with Gasteiger partial charge in [0.25, 0.3) is 0 Å². The van der Waals surface area contributed by atoms with Crippen LogP contribution in [-0.4, -0.2) is 17.1 Å². The molecule has 0 spiro atoms. The normalized spacial score (nSPS) is 28.1. The van der Waals surface area contributed by atoms with Gasteiger partial charge in [0.15, 0.2) is 0 Å². The third-order valence-electron chi connectivity index (χ3n) is 5.02. The molecule has 0 saturated heterocycles. The molecule has 24 heavy (non-hydrogen) atoms. The van der Waals surface area contributed by atoms with Crippen molar-refractivity contribution in [3.63, 3.8) is 0 Å². The van der Waals surface area contributed by atoms with E-state index in [2.05, 4.69) is 12.2 Å². The fraction of sp³-hybridized carbons (Fsp3) is 0.350. The van der Waals surface area contributed by atoms with Gasteiger partial charge in [0.1, 0.15) is 11.5 Å². The predicted octanol–water partition coefficient (Wildman–Crippen LogP) is 3.19. The zero-order valence-corrected chi connectivity index (χ0v) is 13.6. The van der Waals surface area contributed by atoms with Gasteiger partial charge in [-0.25, -0.2) is 0 Å². The summed E-state index contributed by atoms with van der Waals surface area (Å²) in [5, 5.41) is 13.1. The number of fused-ring (bicyclic) bond motifs is 1. The van der Waals surface area contributed by atoms with E-state index in [1.165, 1.54) is 12.5 Å². The zero-order valence-electron chi connectivity index (χ0n) is 13.6. The van der Waals surface area contributed by atoms with Gasteiger partial charge in [-0.15, -0.1) is 0 Å². The second-order valence-corrected chi connectivity index (χ2v) is 6.85. The van der Waals surface area contributed by atoms with Crippen molar-refractivity contribution in [2.24, 2.45) is 5.92 Å². The lowest BCUT2D eigenvalue weighted by Crippen LogP contribution is -2.32. The molecule has 4 atom stereocenters. The van der Waals surface area contributed by atoms with Crippen LogP contribution in [0.5, 0.6) is 0 Å². The van der Waals surface area contributed by atoms with Gasteiger partial charge in [0, 0.05) is 18.4 Å². The van der Waals surface area contributed by atoms with Crippen molar-refractivity contribution in [3.8, 4) is 0 Å². The second-order valence-electron chi connectivity index (χ2n) is 6.85. The minimum atomic E-state index is -0.577. The van der Waals surface area contributed by atoms with E-state index in [0.29, 0.717) is 24.0 Å². The molecule has 0 aliphatic heterocycles. The Bertz CT molecular complexity index is 792. The molecule has 2 aliphatic rings. The second kappa shape index (κ2) is 5.95. The smallest absolute Gasteiger partial charge is 0.244 e. The molecule has 2 N–H and O–H groups in total. The topological polar surface area (TPSA) is 62.5 Å². The first kappa shape index (κ1) is 15.2. The molecular weight excluding hydrogens is 302 g/mol. The van der Waals surface area contributed by atoms with Crippen molar-refractivity contribution in [2.75, 3.05) is 0 Å². The Balaban J connectivity index is 1.41. The number of rotatable bonds is 4. The van der Waals surface area contributed by atoms with Gasteiger partial charge in [0.2, 0.25) is 5.91 Å². The van der Waals surface area contributed by atoms with Crippen LogP contribution in [0.4, 0.5) is 0 Å². The summed E-state index contributed by atoms with van der Waals surface area (Å²) < 4.78 is 5.76. The molecule has 4 unspecified atom stereocenters. The predicted molar refractivity (Wildman–Crippen MR) is 91.3 cm³/mol. The Morgan fingerprint density at radius 3 is 2.88 bits per heavy atom. The lowest BCUT2D eigenvalue weighted by Gasteiger charge is -2.16. The molecule has 4 heteroatoms. The highest BCUT2D eigenvalue weighted by molar-refractivity contribution is 5.91. The lowest BCUT2D eigenvalue weighted by molar-refractivity contribution is -0.117. The number of carbonyl (C=O) groups is 1. The summed E-state index contributed by atoms with van der Waals surface area (Å²) in [4.78, 5) is 12.2. The highest BCUT2D eigenvalue weighted by Crippen LogP contribution is 2.47. The number of carbonyl (C=O) groups excluding carboxylic acids is 1. The van der Waals surface area contributed by atoms with Crippen molar-refractivity contribution >= 4 is 12.0 Å². The molecule has 0 bridgehead atoms. The highest BCUT2D eigenvalue weighted by Gasteiger charge is 2.36. The maximum Gasteiger partial charge on any atom is 0.244 e. The molecule has 1 amide bonds. The molecule has 1 fully saturated rings. The van der Waals surface area contributed by atoms with Crippen molar-refractivity contribution in [1.29, 1.82) is 0 Å². The average Bonchev–Trinajstić information content (AvgIpc) is 3.00. The van der Waals surface area contributed by atoms with Crippen molar-refractivity contribution in [1.82, 2.24) is 5.32 Å². The third-order valence-corrected chi connectivity index (χ3v) is 5.02. The summed E-state index contributed by atoms with van der Waals surface area (Å²) in [7, 11) is 0. The first-order valence-electron chi connectivity index (χ1n) is 8.46. The summed E-state index contributed by atoms with van der Waals surface area (Å²) in [5.74, 6) is 2.69. The Kier molecular flexibility index (Phi) is 3.77. The molecule has 2 aliphatic carbocycles. The largest absolute Gasteiger partial charge is 0.461 e. The number of amides is 1. The van der Waals surface area contributed by atoms with Gasteiger partial charge in [-0.3, -0.25) is 4.79 Å². The maximum atomic E-state index is 12.2. The van der Waals surface area contributed by atoms with E-state index in [0.717, 1.165) is 16.9 Å².